The summed E-state index contributed by atoms with van der Waals surface area (Å²) in [6.45, 7) is 4.14. The van der Waals surface area contributed by atoms with Gasteiger partial charge < -0.3 is 24.6 Å². The molecule has 1 amide bonds. The number of nitrogens with one attached hydrogen (secondary N) is 2. The first-order chi connectivity index (χ1) is 17.0. The van der Waals surface area contributed by atoms with E-state index in [1.54, 1.807) is 24.3 Å². The number of fused-ring (bicyclic) bond motifs is 3. The van der Waals surface area contributed by atoms with Gasteiger partial charge in [-0.1, -0.05) is 19.1 Å². The zero-order valence-corrected chi connectivity index (χ0v) is 19.5. The first kappa shape index (κ1) is 23.1. The predicted octanol–water partition coefficient (Wildman–Crippen LogP) is 3.52. The van der Waals surface area contributed by atoms with Gasteiger partial charge in [-0.15, -0.1) is 0 Å². The second-order valence-electron chi connectivity index (χ2n) is 8.81. The quantitative estimate of drug-likeness (QED) is 0.373. The first-order valence-electron chi connectivity index (χ1n) is 11.9. The molecule has 9 nitrogen and oxygen atoms in total. The number of aliphatic hydroxyl groups is 1. The number of aromatic amines is 1. The highest BCUT2D eigenvalue weighted by Gasteiger charge is 2.20. The van der Waals surface area contributed by atoms with E-state index in [4.69, 9.17) is 14.1 Å². The fourth-order valence-electron chi connectivity index (χ4n) is 4.34. The molecule has 0 aliphatic carbocycles. The molecule has 0 unspecified atom stereocenters. The molecule has 9 heteroatoms. The van der Waals surface area contributed by atoms with Gasteiger partial charge in [-0.3, -0.25) is 14.5 Å². The number of aliphatic hydroxyl groups excluding tert-OH is 1. The van der Waals surface area contributed by atoms with Crippen molar-refractivity contribution in [1.82, 2.24) is 14.9 Å². The molecule has 1 aliphatic heterocycles. The SMILES string of the molecule is CCCOc1ccc(NC(=O)CN2CCC(O)CC2)cc1-c1nc2c(oc3ccccc32)c(=O)[nH]1. The van der Waals surface area contributed by atoms with E-state index in [0.29, 0.717) is 66.5 Å². The lowest BCUT2D eigenvalue weighted by Gasteiger charge is -2.28. The molecular weight excluding hydrogens is 448 g/mol. The summed E-state index contributed by atoms with van der Waals surface area (Å²) >= 11 is 0. The first-order valence-corrected chi connectivity index (χ1v) is 11.9. The number of carbonyl (C=O) groups excluding carboxylic acids is 1. The molecule has 1 aliphatic rings. The van der Waals surface area contributed by atoms with Crippen molar-refractivity contribution in [2.45, 2.75) is 32.3 Å². The van der Waals surface area contributed by atoms with Crippen LogP contribution in [0, 0.1) is 0 Å². The summed E-state index contributed by atoms with van der Waals surface area (Å²) in [6, 6.07) is 12.7. The van der Waals surface area contributed by atoms with Gasteiger partial charge in [0.05, 0.1) is 24.8 Å². The number of ether oxygens (including phenoxy) is 1. The van der Waals surface area contributed by atoms with Crippen LogP contribution in [0.15, 0.2) is 51.7 Å². The van der Waals surface area contributed by atoms with E-state index in [1.165, 1.54) is 0 Å². The van der Waals surface area contributed by atoms with Gasteiger partial charge >= 0.3 is 0 Å². The van der Waals surface area contributed by atoms with E-state index in [-0.39, 0.29) is 29.7 Å². The average Bonchev–Trinajstić information content (AvgIpc) is 3.24. The maximum absolute atomic E-state index is 12.9. The third kappa shape index (κ3) is 4.91. The minimum Gasteiger partial charge on any atom is -0.493 e. The second-order valence-corrected chi connectivity index (χ2v) is 8.81. The molecule has 2 aromatic carbocycles. The Labute approximate surface area is 201 Å². The van der Waals surface area contributed by atoms with Crippen LogP contribution in [0.3, 0.4) is 0 Å². The van der Waals surface area contributed by atoms with Crippen molar-refractivity contribution >= 4 is 33.7 Å². The number of likely N-dealkylation sites (tertiary alicyclic amines) is 1. The highest BCUT2D eigenvalue weighted by atomic mass is 16.5. The highest BCUT2D eigenvalue weighted by molar-refractivity contribution is 6.02. The van der Waals surface area contributed by atoms with Crippen LogP contribution in [0.25, 0.3) is 33.5 Å². The molecule has 3 N–H and O–H groups in total. The third-order valence-corrected chi connectivity index (χ3v) is 6.14. The van der Waals surface area contributed by atoms with Crippen molar-refractivity contribution in [2.24, 2.45) is 0 Å². The average molecular weight is 477 g/mol. The van der Waals surface area contributed by atoms with Crippen LogP contribution < -0.4 is 15.6 Å². The van der Waals surface area contributed by atoms with E-state index in [1.807, 2.05) is 30.0 Å². The molecule has 4 aromatic rings. The molecule has 0 atom stereocenters. The van der Waals surface area contributed by atoms with E-state index in [2.05, 4.69) is 10.3 Å². The second kappa shape index (κ2) is 9.89. The Balaban J connectivity index is 1.47. The summed E-state index contributed by atoms with van der Waals surface area (Å²) in [7, 11) is 0. The zero-order chi connectivity index (χ0) is 24.4. The maximum Gasteiger partial charge on any atom is 0.294 e. The topological polar surface area (TPSA) is 121 Å². The number of aromatic nitrogens is 2. The number of piperidine rings is 1. The number of amides is 1. The molecule has 35 heavy (non-hydrogen) atoms. The van der Waals surface area contributed by atoms with Crippen LogP contribution in [-0.4, -0.2) is 58.2 Å². The molecule has 0 spiro atoms. The van der Waals surface area contributed by atoms with Crippen LogP contribution in [0.4, 0.5) is 5.69 Å². The Hall–Kier alpha value is -3.69. The van der Waals surface area contributed by atoms with Crippen molar-refractivity contribution in [3.63, 3.8) is 0 Å². The molecular formula is C26H28N4O5. The Kier molecular flexibility index (Phi) is 6.52. The number of para-hydroxylation sites is 1. The third-order valence-electron chi connectivity index (χ3n) is 6.14. The van der Waals surface area contributed by atoms with Crippen LogP contribution in [0.1, 0.15) is 26.2 Å². The molecule has 3 heterocycles. The van der Waals surface area contributed by atoms with Gasteiger partial charge in [0.25, 0.3) is 5.56 Å². The number of carbonyl (C=O) groups is 1. The van der Waals surface area contributed by atoms with Crippen molar-refractivity contribution in [2.75, 3.05) is 31.6 Å². The van der Waals surface area contributed by atoms with Gasteiger partial charge in [-0.05, 0) is 49.6 Å². The summed E-state index contributed by atoms with van der Waals surface area (Å²) in [6.07, 6.45) is 1.88. The monoisotopic (exact) mass is 476 g/mol. The Bertz CT molecular complexity index is 1420. The van der Waals surface area contributed by atoms with Crippen molar-refractivity contribution in [3.8, 4) is 17.1 Å². The lowest BCUT2D eigenvalue weighted by atomic mass is 10.1. The van der Waals surface area contributed by atoms with Gasteiger partial charge in [0.1, 0.15) is 22.7 Å². The number of hydrogen-bond acceptors (Lipinski definition) is 7. The smallest absolute Gasteiger partial charge is 0.294 e. The summed E-state index contributed by atoms with van der Waals surface area (Å²) in [5.74, 6) is 0.749. The summed E-state index contributed by atoms with van der Waals surface area (Å²) in [5, 5.41) is 13.4. The molecule has 0 saturated carbocycles. The van der Waals surface area contributed by atoms with Crippen LogP contribution in [0.5, 0.6) is 5.75 Å². The lowest BCUT2D eigenvalue weighted by molar-refractivity contribution is -0.117. The van der Waals surface area contributed by atoms with Gasteiger partial charge in [-0.25, -0.2) is 4.98 Å². The fraction of sp³-hybridized carbons (Fsp3) is 0.346. The van der Waals surface area contributed by atoms with Gasteiger partial charge in [0.15, 0.2) is 0 Å². The van der Waals surface area contributed by atoms with Crippen LogP contribution in [-0.2, 0) is 4.79 Å². The lowest BCUT2D eigenvalue weighted by Crippen LogP contribution is -2.40. The molecule has 2 aromatic heterocycles. The Morgan fingerprint density at radius 2 is 2.06 bits per heavy atom. The molecule has 182 valence electrons. The van der Waals surface area contributed by atoms with E-state index in [9.17, 15) is 14.7 Å². The standard InChI is InChI=1S/C26H28N4O5/c1-2-13-34-20-8-7-16(27-22(32)15-30-11-9-17(31)10-12-30)14-19(20)25-28-23-18-5-3-4-6-21(18)35-24(23)26(33)29-25/h3-8,14,17,31H,2,9-13,15H2,1H3,(H,27,32)(H,28,29,33). The van der Waals surface area contributed by atoms with Gasteiger partial charge in [0.2, 0.25) is 11.5 Å². The summed E-state index contributed by atoms with van der Waals surface area (Å²) in [4.78, 5) is 35.1. The largest absolute Gasteiger partial charge is 0.493 e. The number of rotatable bonds is 7. The highest BCUT2D eigenvalue weighted by Crippen LogP contribution is 2.33. The van der Waals surface area contributed by atoms with Gasteiger partial charge in [-0.2, -0.15) is 0 Å². The molecule has 1 saturated heterocycles. The molecule has 0 radical (unpaired) electrons. The number of furan rings is 1. The maximum atomic E-state index is 12.9. The van der Waals surface area contributed by atoms with Crippen LogP contribution in [0.2, 0.25) is 0 Å². The number of benzene rings is 2. The zero-order valence-electron chi connectivity index (χ0n) is 19.5. The molecule has 0 bridgehead atoms. The van der Waals surface area contributed by atoms with E-state index >= 15 is 0 Å². The van der Waals surface area contributed by atoms with E-state index < -0.39 is 0 Å². The summed E-state index contributed by atoms with van der Waals surface area (Å²) in [5.41, 5.74) is 1.99. The van der Waals surface area contributed by atoms with Crippen LogP contribution >= 0.6 is 0 Å². The van der Waals surface area contributed by atoms with Crippen molar-refractivity contribution in [3.05, 3.63) is 52.8 Å². The minimum absolute atomic E-state index is 0.146. The molecule has 1 fully saturated rings. The Morgan fingerprint density at radius 3 is 2.86 bits per heavy atom. The van der Waals surface area contributed by atoms with E-state index in [0.717, 1.165) is 11.8 Å². The predicted molar refractivity (Wildman–Crippen MR) is 134 cm³/mol. The summed E-state index contributed by atoms with van der Waals surface area (Å²) < 4.78 is 11.6. The van der Waals surface area contributed by atoms with Crippen molar-refractivity contribution < 1.29 is 19.1 Å². The normalized spacial score (nSPS) is 15.0. The number of nitrogens with zero attached hydrogens (tertiary/aromatic N) is 2. The Morgan fingerprint density at radius 1 is 1.26 bits per heavy atom. The van der Waals surface area contributed by atoms with Gasteiger partial charge in [0, 0.05) is 24.2 Å². The number of H-pyrrole nitrogens is 1. The van der Waals surface area contributed by atoms with Crippen molar-refractivity contribution in [1.29, 1.82) is 0 Å². The number of hydrogen-bond donors (Lipinski definition) is 3. The fourth-order valence-corrected chi connectivity index (χ4v) is 4.34. The minimum atomic E-state index is -0.385. The number of anilines is 1. The molecule has 5 rings (SSSR count).